The van der Waals surface area contributed by atoms with E-state index in [1.807, 2.05) is 36.1 Å². The van der Waals surface area contributed by atoms with E-state index in [4.69, 9.17) is 14.2 Å². The smallest absolute Gasteiger partial charge is 0.267 e. The zero-order valence-corrected chi connectivity index (χ0v) is 14.9. The third-order valence-corrected chi connectivity index (χ3v) is 5.48. The van der Waals surface area contributed by atoms with Gasteiger partial charge < -0.3 is 19.1 Å². The lowest BCUT2D eigenvalue weighted by Crippen LogP contribution is -2.51. The summed E-state index contributed by atoms with van der Waals surface area (Å²) in [5, 5.41) is 0. The molecule has 2 fully saturated rings. The topological polar surface area (TPSA) is 51.2 Å². The summed E-state index contributed by atoms with van der Waals surface area (Å²) in [5.41, 5.74) is 0. The molecule has 3 aliphatic heterocycles. The number of amides is 1. The van der Waals surface area contributed by atoms with Crippen LogP contribution in [0.4, 0.5) is 0 Å². The van der Waals surface area contributed by atoms with Crippen molar-refractivity contribution < 1.29 is 19.0 Å². The van der Waals surface area contributed by atoms with Crippen LogP contribution in [0, 0.1) is 5.92 Å². The summed E-state index contributed by atoms with van der Waals surface area (Å²) in [6.07, 6.45) is -0.870. The van der Waals surface area contributed by atoms with Crippen LogP contribution in [-0.2, 0) is 9.53 Å². The number of hydrogen-bond donors (Lipinski definition) is 0. The summed E-state index contributed by atoms with van der Waals surface area (Å²) in [5.74, 6) is 1.84. The van der Waals surface area contributed by atoms with Crippen molar-refractivity contribution in [2.24, 2.45) is 5.92 Å². The summed E-state index contributed by atoms with van der Waals surface area (Å²) < 4.78 is 17.3. The van der Waals surface area contributed by atoms with Gasteiger partial charge in [0.15, 0.2) is 11.5 Å². The minimum Gasteiger partial charge on any atom is -0.482 e. The third kappa shape index (κ3) is 3.20. The summed E-state index contributed by atoms with van der Waals surface area (Å²) in [6, 6.07) is 7.93. The Morgan fingerprint density at radius 2 is 1.72 bits per heavy atom. The van der Waals surface area contributed by atoms with E-state index < -0.39 is 6.10 Å². The molecule has 0 spiro atoms. The minimum atomic E-state index is -0.578. The molecule has 136 valence electrons. The van der Waals surface area contributed by atoms with Gasteiger partial charge in [0.05, 0.1) is 13.2 Å². The molecule has 0 bridgehead atoms. The van der Waals surface area contributed by atoms with Crippen molar-refractivity contribution >= 4 is 5.91 Å². The molecule has 2 saturated heterocycles. The molecule has 1 aromatic carbocycles. The van der Waals surface area contributed by atoms with Crippen LogP contribution in [0.1, 0.15) is 13.8 Å². The molecule has 6 heteroatoms. The van der Waals surface area contributed by atoms with Gasteiger partial charge in [-0.25, -0.2) is 0 Å². The second-order valence-electron chi connectivity index (χ2n) is 7.24. The van der Waals surface area contributed by atoms with Crippen LogP contribution in [0.2, 0.25) is 0 Å². The van der Waals surface area contributed by atoms with Gasteiger partial charge in [0.25, 0.3) is 5.91 Å². The van der Waals surface area contributed by atoms with Gasteiger partial charge >= 0.3 is 0 Å². The van der Waals surface area contributed by atoms with Gasteiger partial charge in [-0.2, -0.15) is 0 Å². The Bertz CT molecular complexity index is 632. The molecule has 25 heavy (non-hydrogen) atoms. The first-order valence-electron chi connectivity index (χ1n) is 9.16. The highest BCUT2D eigenvalue weighted by atomic mass is 16.6. The van der Waals surface area contributed by atoms with E-state index in [-0.39, 0.29) is 12.0 Å². The molecule has 1 aromatic rings. The fourth-order valence-corrected chi connectivity index (χ4v) is 4.08. The molecule has 0 radical (unpaired) electrons. The number of benzene rings is 1. The van der Waals surface area contributed by atoms with Gasteiger partial charge in [-0.05, 0) is 25.0 Å². The SMILES string of the molecule is C[C@@H]1CN(C(=O)[C@@H]2Oc3ccccc3O[C@@H]2C)C[C@H]1N1CCOCC1. The van der Waals surface area contributed by atoms with Gasteiger partial charge in [0.1, 0.15) is 6.10 Å². The predicted octanol–water partition coefficient (Wildman–Crippen LogP) is 1.39. The highest BCUT2D eigenvalue weighted by Crippen LogP contribution is 2.34. The summed E-state index contributed by atoms with van der Waals surface area (Å²) in [7, 11) is 0. The van der Waals surface area contributed by atoms with Crippen LogP contribution >= 0.6 is 0 Å². The molecule has 4 atom stereocenters. The van der Waals surface area contributed by atoms with Crippen molar-refractivity contribution in [2.75, 3.05) is 39.4 Å². The molecular weight excluding hydrogens is 320 g/mol. The molecule has 0 saturated carbocycles. The summed E-state index contributed by atoms with van der Waals surface area (Å²) in [4.78, 5) is 17.5. The quantitative estimate of drug-likeness (QED) is 0.810. The Morgan fingerprint density at radius 1 is 1.04 bits per heavy atom. The van der Waals surface area contributed by atoms with Crippen molar-refractivity contribution in [3.63, 3.8) is 0 Å². The fourth-order valence-electron chi connectivity index (χ4n) is 4.08. The number of fused-ring (bicyclic) bond motifs is 1. The average molecular weight is 346 g/mol. The molecule has 1 amide bonds. The number of morpholine rings is 1. The normalized spacial score (nSPS) is 32.6. The Balaban J connectivity index is 1.44. The lowest BCUT2D eigenvalue weighted by Gasteiger charge is -2.35. The van der Waals surface area contributed by atoms with Crippen molar-refractivity contribution in [2.45, 2.75) is 32.1 Å². The highest BCUT2D eigenvalue weighted by molar-refractivity contribution is 5.82. The first kappa shape index (κ1) is 16.7. The Kier molecular flexibility index (Phi) is 4.56. The zero-order chi connectivity index (χ0) is 17.4. The highest BCUT2D eigenvalue weighted by Gasteiger charge is 2.42. The van der Waals surface area contributed by atoms with Crippen molar-refractivity contribution in [1.82, 2.24) is 9.80 Å². The number of rotatable bonds is 2. The number of carbonyl (C=O) groups excluding carboxylic acids is 1. The van der Waals surface area contributed by atoms with Gasteiger partial charge in [-0.3, -0.25) is 9.69 Å². The Labute approximate surface area is 148 Å². The Morgan fingerprint density at radius 3 is 2.44 bits per heavy atom. The molecule has 3 heterocycles. The summed E-state index contributed by atoms with van der Waals surface area (Å²) >= 11 is 0. The Hall–Kier alpha value is -1.79. The monoisotopic (exact) mass is 346 g/mol. The lowest BCUT2D eigenvalue weighted by atomic mass is 10.0. The summed E-state index contributed by atoms with van der Waals surface area (Å²) in [6.45, 7) is 9.12. The maximum Gasteiger partial charge on any atom is 0.267 e. The van der Waals surface area contributed by atoms with Gasteiger partial charge in [-0.15, -0.1) is 0 Å². The molecule has 3 aliphatic rings. The van der Waals surface area contributed by atoms with E-state index in [0.717, 1.165) is 39.4 Å². The largest absolute Gasteiger partial charge is 0.482 e. The number of nitrogens with zero attached hydrogens (tertiary/aromatic N) is 2. The first-order valence-corrected chi connectivity index (χ1v) is 9.16. The van der Waals surface area contributed by atoms with Gasteiger partial charge in [-0.1, -0.05) is 19.1 Å². The van der Waals surface area contributed by atoms with E-state index in [1.54, 1.807) is 0 Å². The van der Waals surface area contributed by atoms with E-state index in [9.17, 15) is 4.79 Å². The molecule has 0 aromatic heterocycles. The maximum atomic E-state index is 13.1. The van der Waals surface area contributed by atoms with Crippen LogP contribution < -0.4 is 9.47 Å². The fraction of sp³-hybridized carbons (Fsp3) is 0.632. The number of ether oxygens (including phenoxy) is 3. The molecule has 6 nitrogen and oxygen atoms in total. The van der Waals surface area contributed by atoms with Crippen LogP contribution in [0.25, 0.3) is 0 Å². The second-order valence-corrected chi connectivity index (χ2v) is 7.24. The zero-order valence-electron chi connectivity index (χ0n) is 14.9. The lowest BCUT2D eigenvalue weighted by molar-refractivity contribution is -0.143. The number of hydrogen-bond acceptors (Lipinski definition) is 5. The van der Waals surface area contributed by atoms with Crippen LogP contribution in [0.3, 0.4) is 0 Å². The average Bonchev–Trinajstić information content (AvgIpc) is 3.03. The molecule has 0 aliphatic carbocycles. The number of likely N-dealkylation sites (tertiary alicyclic amines) is 1. The molecule has 0 N–H and O–H groups in total. The first-order chi connectivity index (χ1) is 12.1. The van der Waals surface area contributed by atoms with E-state index in [2.05, 4.69) is 11.8 Å². The van der Waals surface area contributed by atoms with Crippen molar-refractivity contribution in [1.29, 1.82) is 0 Å². The molecule has 4 rings (SSSR count). The third-order valence-electron chi connectivity index (χ3n) is 5.48. The molecular formula is C19H26N2O4. The maximum absolute atomic E-state index is 13.1. The van der Waals surface area contributed by atoms with E-state index in [0.29, 0.717) is 23.5 Å². The molecule has 0 unspecified atom stereocenters. The predicted molar refractivity (Wildman–Crippen MR) is 92.9 cm³/mol. The van der Waals surface area contributed by atoms with E-state index >= 15 is 0 Å². The van der Waals surface area contributed by atoms with Crippen molar-refractivity contribution in [3.05, 3.63) is 24.3 Å². The number of para-hydroxylation sites is 2. The van der Waals surface area contributed by atoms with Gasteiger partial charge in [0.2, 0.25) is 6.10 Å². The van der Waals surface area contributed by atoms with Crippen molar-refractivity contribution in [3.8, 4) is 11.5 Å². The standard InChI is InChI=1S/C19H26N2O4/c1-13-11-21(12-15(13)20-7-9-23-10-8-20)19(22)18-14(2)24-16-5-3-4-6-17(16)25-18/h3-6,13-15,18H,7-12H2,1-2H3/t13-,14-,15-,18-/m1/s1. The minimum absolute atomic E-state index is 0.0320. The second kappa shape index (κ2) is 6.84. The number of carbonyl (C=O) groups is 1. The van der Waals surface area contributed by atoms with Crippen LogP contribution in [0.15, 0.2) is 24.3 Å². The van der Waals surface area contributed by atoms with E-state index in [1.165, 1.54) is 0 Å². The van der Waals surface area contributed by atoms with Crippen LogP contribution in [-0.4, -0.2) is 73.3 Å². The van der Waals surface area contributed by atoms with Crippen LogP contribution in [0.5, 0.6) is 11.5 Å². The van der Waals surface area contributed by atoms with Gasteiger partial charge in [0, 0.05) is 32.2 Å².